The predicted octanol–water partition coefficient (Wildman–Crippen LogP) is 4.02. The van der Waals surface area contributed by atoms with Crippen LogP contribution in [0.15, 0.2) is 48.5 Å². The summed E-state index contributed by atoms with van der Waals surface area (Å²) >= 11 is 0. The van der Waals surface area contributed by atoms with Crippen molar-refractivity contribution < 1.29 is 28.7 Å². The van der Waals surface area contributed by atoms with Crippen LogP contribution in [0.25, 0.3) is 0 Å². The smallest absolute Gasteiger partial charge is 0.247 e. The van der Waals surface area contributed by atoms with Gasteiger partial charge in [-0.05, 0) is 88.8 Å². The normalized spacial score (nSPS) is 12.1. The van der Waals surface area contributed by atoms with E-state index in [1.165, 1.54) is 23.6 Å². The van der Waals surface area contributed by atoms with Crippen molar-refractivity contribution >= 4 is 23.6 Å². The van der Waals surface area contributed by atoms with Crippen molar-refractivity contribution in [3.63, 3.8) is 0 Å². The minimum absolute atomic E-state index is 0.0723. The van der Waals surface area contributed by atoms with E-state index in [4.69, 9.17) is 9.47 Å². The fourth-order valence-electron chi connectivity index (χ4n) is 4.50. The molecule has 0 aliphatic rings. The van der Waals surface area contributed by atoms with Crippen LogP contribution < -0.4 is 20.1 Å². The minimum atomic E-state index is -0.940. The van der Waals surface area contributed by atoms with Gasteiger partial charge in [-0.15, -0.1) is 0 Å². The molecule has 0 aromatic heterocycles. The third-order valence-electron chi connectivity index (χ3n) is 6.53. The van der Waals surface area contributed by atoms with Gasteiger partial charge in [-0.3, -0.25) is 19.2 Å². The minimum Gasteiger partial charge on any atom is -0.497 e. The first kappa shape index (κ1) is 37.2. The van der Waals surface area contributed by atoms with E-state index in [1.807, 2.05) is 41.5 Å². The molecule has 2 atom stereocenters. The van der Waals surface area contributed by atoms with Crippen molar-refractivity contribution in [2.24, 2.45) is 0 Å². The first-order valence-electron chi connectivity index (χ1n) is 14.9. The van der Waals surface area contributed by atoms with E-state index in [0.717, 1.165) is 0 Å². The maximum Gasteiger partial charge on any atom is 0.247 e. The maximum absolute atomic E-state index is 13.4. The van der Waals surface area contributed by atoms with Gasteiger partial charge in [0.05, 0.1) is 27.3 Å². The molecule has 0 aliphatic carbocycles. The molecule has 0 fully saturated rings. The van der Waals surface area contributed by atoms with Crippen LogP contribution in [0, 0.1) is 23.7 Å². The lowest BCUT2D eigenvalue weighted by Gasteiger charge is -2.32. The molecule has 46 heavy (non-hydrogen) atoms. The highest BCUT2D eigenvalue weighted by atomic mass is 16.5. The molecule has 0 bridgehead atoms. The van der Waals surface area contributed by atoms with E-state index in [9.17, 15) is 19.2 Å². The van der Waals surface area contributed by atoms with Gasteiger partial charge in [0.15, 0.2) is 0 Å². The number of nitrogens with zero attached hydrogens (tertiary/aromatic N) is 2. The number of benzene rings is 2. The molecule has 2 rings (SSSR count). The number of nitrogens with one attached hydrogen (secondary N) is 2. The summed E-state index contributed by atoms with van der Waals surface area (Å²) in [5.74, 6) is 11.0. The van der Waals surface area contributed by atoms with Crippen LogP contribution in [-0.4, -0.2) is 71.8 Å². The number of rotatable bonds is 10. The Balaban J connectivity index is 2.36. The van der Waals surface area contributed by atoms with E-state index < -0.39 is 23.2 Å². The van der Waals surface area contributed by atoms with E-state index >= 15 is 0 Å². The van der Waals surface area contributed by atoms with E-state index in [1.54, 1.807) is 62.8 Å². The molecular weight excluding hydrogens is 584 g/mol. The van der Waals surface area contributed by atoms with Crippen LogP contribution in [0.3, 0.4) is 0 Å². The molecule has 0 aliphatic heterocycles. The molecule has 0 spiro atoms. The summed E-state index contributed by atoms with van der Waals surface area (Å²) in [7, 11) is 3.10. The van der Waals surface area contributed by atoms with E-state index in [2.05, 4.69) is 34.3 Å². The Morgan fingerprint density at radius 3 is 1.17 bits per heavy atom. The van der Waals surface area contributed by atoms with E-state index in [0.29, 0.717) is 22.6 Å². The average molecular weight is 631 g/mol. The third kappa shape index (κ3) is 11.5. The van der Waals surface area contributed by atoms with Gasteiger partial charge in [-0.2, -0.15) is 0 Å². The molecule has 10 heteroatoms. The zero-order chi connectivity index (χ0) is 34.7. The predicted molar refractivity (Wildman–Crippen MR) is 178 cm³/mol. The standard InChI is InChI=1S/C36H46N4O6/c1-25(41)39(31(33(43)37-35(3,4)5)27-15-19-29(45-9)20-16-27)23-13-11-12-14-24-40(26(2)42)32(34(44)38-36(6,7)8)28-17-21-30(46-10)22-18-28/h15-22,31-32H,23-24H2,1-10H3,(H,37,43)(H,38,44). The second kappa shape index (κ2) is 16.4. The van der Waals surface area contributed by atoms with Crippen LogP contribution in [0.5, 0.6) is 11.5 Å². The van der Waals surface area contributed by atoms with Crippen molar-refractivity contribution in [2.75, 3.05) is 27.3 Å². The largest absolute Gasteiger partial charge is 0.497 e. The Kier molecular flexibility index (Phi) is 13.3. The Labute approximate surface area is 273 Å². The Hall–Kier alpha value is -4.96. The van der Waals surface area contributed by atoms with Gasteiger partial charge < -0.3 is 29.9 Å². The lowest BCUT2D eigenvalue weighted by Crippen LogP contribution is -2.49. The Morgan fingerprint density at radius 1 is 0.630 bits per heavy atom. The summed E-state index contributed by atoms with van der Waals surface area (Å²) in [4.78, 5) is 55.1. The molecule has 2 aromatic carbocycles. The van der Waals surface area contributed by atoms with Crippen molar-refractivity contribution in [3.8, 4) is 35.2 Å². The average Bonchev–Trinajstić information content (AvgIpc) is 2.95. The summed E-state index contributed by atoms with van der Waals surface area (Å²) in [6.07, 6.45) is 0. The summed E-state index contributed by atoms with van der Waals surface area (Å²) < 4.78 is 10.5. The monoisotopic (exact) mass is 630 g/mol. The Morgan fingerprint density at radius 2 is 0.935 bits per heavy atom. The molecule has 246 valence electrons. The third-order valence-corrected chi connectivity index (χ3v) is 6.53. The molecule has 4 amide bonds. The van der Waals surface area contributed by atoms with Crippen LogP contribution in [0.2, 0.25) is 0 Å². The van der Waals surface area contributed by atoms with Crippen molar-refractivity contribution in [1.82, 2.24) is 20.4 Å². The van der Waals surface area contributed by atoms with Crippen molar-refractivity contribution in [2.45, 2.75) is 78.6 Å². The zero-order valence-electron chi connectivity index (χ0n) is 28.5. The van der Waals surface area contributed by atoms with Crippen LogP contribution in [0.1, 0.15) is 78.6 Å². The van der Waals surface area contributed by atoms with Crippen LogP contribution in [0.4, 0.5) is 0 Å². The lowest BCUT2D eigenvalue weighted by molar-refractivity contribution is -0.139. The first-order chi connectivity index (χ1) is 21.5. The molecule has 10 nitrogen and oxygen atoms in total. The maximum atomic E-state index is 13.4. The zero-order valence-corrected chi connectivity index (χ0v) is 28.5. The van der Waals surface area contributed by atoms with Crippen LogP contribution in [-0.2, 0) is 19.2 Å². The lowest BCUT2D eigenvalue weighted by atomic mass is 10.0. The SMILES string of the molecule is COc1ccc(C(C(=O)NC(C)(C)C)N(CC#CC#CCN(C(C)=O)C(C(=O)NC(C)(C)C)c2ccc(OC)cc2)C(C)=O)cc1. The fourth-order valence-corrected chi connectivity index (χ4v) is 4.50. The molecule has 0 saturated heterocycles. The number of carbonyl (C=O) groups excluding carboxylic acids is 4. The number of ether oxygens (including phenoxy) is 2. The highest BCUT2D eigenvalue weighted by Gasteiger charge is 2.32. The van der Waals surface area contributed by atoms with E-state index in [-0.39, 0.29) is 36.7 Å². The quantitative estimate of drug-likeness (QED) is 0.383. The van der Waals surface area contributed by atoms with Gasteiger partial charge in [-0.1, -0.05) is 36.1 Å². The van der Waals surface area contributed by atoms with Gasteiger partial charge in [0.1, 0.15) is 23.6 Å². The second-order valence-corrected chi connectivity index (χ2v) is 12.7. The number of hydrogen-bond donors (Lipinski definition) is 2. The summed E-state index contributed by atoms with van der Waals surface area (Å²) in [6, 6.07) is 12.0. The number of hydrogen-bond acceptors (Lipinski definition) is 6. The highest BCUT2D eigenvalue weighted by Crippen LogP contribution is 2.26. The summed E-state index contributed by atoms with van der Waals surface area (Å²) in [6.45, 7) is 13.8. The van der Waals surface area contributed by atoms with Gasteiger partial charge >= 0.3 is 0 Å². The van der Waals surface area contributed by atoms with Gasteiger partial charge in [-0.25, -0.2) is 0 Å². The van der Waals surface area contributed by atoms with Crippen molar-refractivity contribution in [3.05, 3.63) is 59.7 Å². The molecule has 2 aromatic rings. The second-order valence-electron chi connectivity index (χ2n) is 12.7. The van der Waals surface area contributed by atoms with Crippen LogP contribution >= 0.6 is 0 Å². The van der Waals surface area contributed by atoms with Gasteiger partial charge in [0.2, 0.25) is 23.6 Å². The summed E-state index contributed by atoms with van der Waals surface area (Å²) in [5, 5.41) is 5.90. The highest BCUT2D eigenvalue weighted by molar-refractivity contribution is 5.89. The Bertz CT molecular complexity index is 1380. The first-order valence-corrected chi connectivity index (χ1v) is 14.9. The molecular formula is C36H46N4O6. The molecule has 2 unspecified atom stereocenters. The molecule has 2 N–H and O–H groups in total. The number of methoxy groups -OCH3 is 2. The fraction of sp³-hybridized carbons (Fsp3) is 0.444. The van der Waals surface area contributed by atoms with Crippen molar-refractivity contribution in [1.29, 1.82) is 0 Å². The van der Waals surface area contributed by atoms with Gasteiger partial charge in [0.25, 0.3) is 0 Å². The number of amides is 4. The number of carbonyl (C=O) groups is 4. The molecule has 0 heterocycles. The summed E-state index contributed by atoms with van der Waals surface area (Å²) in [5.41, 5.74) is 0.135. The topological polar surface area (TPSA) is 117 Å². The molecule has 0 saturated carbocycles. The molecule has 0 radical (unpaired) electrons. The van der Waals surface area contributed by atoms with Gasteiger partial charge in [0, 0.05) is 24.9 Å².